The zero-order valence-corrected chi connectivity index (χ0v) is 7.64. The maximum Gasteiger partial charge on any atom is 0.0844 e. The van der Waals surface area contributed by atoms with Crippen molar-refractivity contribution in [3.8, 4) is 0 Å². The summed E-state index contributed by atoms with van der Waals surface area (Å²) < 4.78 is 4.60. The van der Waals surface area contributed by atoms with Gasteiger partial charge in [0.1, 0.15) is 0 Å². The molecule has 1 nitrogen and oxygen atoms in total. The Kier molecular flexibility index (Phi) is 9.14. The maximum absolute atomic E-state index is 4.60. The molecular weight excluding hydrogens is 136 g/mol. The molecule has 11 heavy (non-hydrogen) atoms. The van der Waals surface area contributed by atoms with Gasteiger partial charge in [-0.25, -0.2) is 0 Å². The van der Waals surface area contributed by atoms with Crippen molar-refractivity contribution in [3.63, 3.8) is 0 Å². The molecule has 1 aliphatic rings. The Morgan fingerprint density at radius 1 is 1.09 bits per heavy atom. The molecule has 0 aromatic heterocycles. The van der Waals surface area contributed by atoms with Crippen molar-refractivity contribution in [3.05, 3.63) is 12.8 Å². The first kappa shape index (κ1) is 10.5. The molecule has 0 aromatic carbocycles. The third-order valence-corrected chi connectivity index (χ3v) is 1.78. The van der Waals surface area contributed by atoms with E-state index in [4.69, 9.17) is 0 Å². The van der Waals surface area contributed by atoms with E-state index in [2.05, 4.69) is 11.3 Å². The van der Waals surface area contributed by atoms with Crippen molar-refractivity contribution in [2.24, 2.45) is 0 Å². The van der Waals surface area contributed by atoms with Crippen molar-refractivity contribution in [2.75, 3.05) is 6.61 Å². The fourth-order valence-electron chi connectivity index (χ4n) is 1.18. The topological polar surface area (TPSA) is 9.23 Å². The first-order valence-corrected chi connectivity index (χ1v) is 4.64. The zero-order valence-electron chi connectivity index (χ0n) is 7.64. The molecule has 0 heterocycles. The van der Waals surface area contributed by atoms with Crippen LogP contribution in [0.5, 0.6) is 0 Å². The average molecular weight is 156 g/mol. The minimum Gasteiger partial charge on any atom is -0.502 e. The molecule has 0 unspecified atom stereocenters. The Hall–Kier alpha value is -0.460. The highest BCUT2D eigenvalue weighted by Gasteiger charge is 1.95. The highest BCUT2D eigenvalue weighted by atomic mass is 16.5. The van der Waals surface area contributed by atoms with E-state index >= 15 is 0 Å². The minimum absolute atomic E-state index is 0.726. The molecule has 1 aliphatic carbocycles. The summed E-state index contributed by atoms with van der Waals surface area (Å²) in [4.78, 5) is 0. The Labute approximate surface area is 70.4 Å². The van der Waals surface area contributed by atoms with E-state index in [1.807, 2.05) is 6.92 Å². The van der Waals surface area contributed by atoms with Crippen LogP contribution in [0.2, 0.25) is 0 Å². The predicted octanol–water partition coefficient (Wildman–Crippen LogP) is 3.51. The standard InChI is InChI=1S/C6H12.C4H8O/c1-2-4-6-5-3-1;1-3-5-4-2/h1-6H2;3H,1,4H2,2H3. The quantitative estimate of drug-likeness (QED) is 0.556. The molecular formula is C10H20O. The molecule has 1 fully saturated rings. The van der Waals surface area contributed by atoms with Gasteiger partial charge in [-0.3, -0.25) is 0 Å². The van der Waals surface area contributed by atoms with Crippen LogP contribution in [0.4, 0.5) is 0 Å². The lowest BCUT2D eigenvalue weighted by atomic mass is 10.0. The fourth-order valence-corrected chi connectivity index (χ4v) is 1.18. The van der Waals surface area contributed by atoms with Crippen LogP contribution in [-0.2, 0) is 4.74 Å². The van der Waals surface area contributed by atoms with Crippen molar-refractivity contribution in [2.45, 2.75) is 45.4 Å². The Balaban J connectivity index is 0.000000187. The van der Waals surface area contributed by atoms with Gasteiger partial charge in [0.05, 0.1) is 12.9 Å². The second-order valence-corrected chi connectivity index (χ2v) is 2.74. The van der Waals surface area contributed by atoms with Crippen LogP contribution in [0, 0.1) is 0 Å². The summed E-state index contributed by atoms with van der Waals surface area (Å²) in [5.74, 6) is 0. The lowest BCUT2D eigenvalue weighted by Crippen LogP contribution is -1.85. The van der Waals surface area contributed by atoms with Gasteiger partial charge in [0, 0.05) is 0 Å². The monoisotopic (exact) mass is 156 g/mol. The first-order chi connectivity index (χ1) is 5.41. The van der Waals surface area contributed by atoms with Crippen molar-refractivity contribution < 1.29 is 4.74 Å². The molecule has 0 radical (unpaired) electrons. The van der Waals surface area contributed by atoms with Crippen molar-refractivity contribution in [1.82, 2.24) is 0 Å². The fraction of sp³-hybridized carbons (Fsp3) is 0.800. The van der Waals surface area contributed by atoms with Crippen molar-refractivity contribution >= 4 is 0 Å². The molecule has 0 saturated heterocycles. The molecule has 0 bridgehead atoms. The second kappa shape index (κ2) is 9.54. The van der Waals surface area contributed by atoms with Crippen LogP contribution in [-0.4, -0.2) is 6.61 Å². The summed E-state index contributed by atoms with van der Waals surface area (Å²) >= 11 is 0. The third-order valence-electron chi connectivity index (χ3n) is 1.78. The largest absolute Gasteiger partial charge is 0.502 e. The molecule has 1 heteroatoms. The van der Waals surface area contributed by atoms with Gasteiger partial charge in [0.15, 0.2) is 0 Å². The van der Waals surface area contributed by atoms with E-state index in [0.717, 1.165) is 6.61 Å². The maximum atomic E-state index is 4.60. The molecule has 0 spiro atoms. The Morgan fingerprint density at radius 2 is 1.45 bits per heavy atom. The van der Waals surface area contributed by atoms with Gasteiger partial charge < -0.3 is 4.74 Å². The molecule has 1 saturated carbocycles. The Morgan fingerprint density at radius 3 is 1.55 bits per heavy atom. The normalized spacial score (nSPS) is 16.1. The lowest BCUT2D eigenvalue weighted by molar-refractivity contribution is 0.270. The van der Waals surface area contributed by atoms with E-state index < -0.39 is 0 Å². The number of hydrogen-bond donors (Lipinski definition) is 0. The lowest BCUT2D eigenvalue weighted by Gasteiger charge is -2.05. The summed E-state index contributed by atoms with van der Waals surface area (Å²) in [7, 11) is 0. The molecule has 0 N–H and O–H groups in total. The van der Waals surface area contributed by atoms with Crippen LogP contribution < -0.4 is 0 Å². The molecule has 0 aliphatic heterocycles. The number of rotatable bonds is 2. The van der Waals surface area contributed by atoms with Gasteiger partial charge in [0.2, 0.25) is 0 Å². The minimum atomic E-state index is 0.726. The van der Waals surface area contributed by atoms with Gasteiger partial charge in [0.25, 0.3) is 0 Å². The van der Waals surface area contributed by atoms with Crippen LogP contribution in [0.1, 0.15) is 45.4 Å². The highest BCUT2D eigenvalue weighted by Crippen LogP contribution is 2.15. The number of hydrogen-bond acceptors (Lipinski definition) is 1. The second-order valence-electron chi connectivity index (χ2n) is 2.74. The summed E-state index contributed by atoms with van der Waals surface area (Å²) in [6.07, 6.45) is 10.4. The number of ether oxygens (including phenoxy) is 1. The smallest absolute Gasteiger partial charge is 0.0844 e. The third kappa shape index (κ3) is 9.54. The summed E-state index contributed by atoms with van der Waals surface area (Å²) in [6.45, 7) is 5.97. The molecule has 66 valence electrons. The molecule has 0 aromatic rings. The van der Waals surface area contributed by atoms with Gasteiger partial charge in [-0.05, 0) is 6.92 Å². The van der Waals surface area contributed by atoms with E-state index in [1.54, 1.807) is 0 Å². The van der Waals surface area contributed by atoms with E-state index in [9.17, 15) is 0 Å². The van der Waals surface area contributed by atoms with Gasteiger partial charge in [-0.15, -0.1) is 0 Å². The SMILES string of the molecule is C1CCCCC1.C=COCC. The summed E-state index contributed by atoms with van der Waals surface area (Å²) in [6, 6.07) is 0. The van der Waals surface area contributed by atoms with Gasteiger partial charge >= 0.3 is 0 Å². The zero-order chi connectivity index (χ0) is 8.36. The molecule has 1 rings (SSSR count). The summed E-state index contributed by atoms with van der Waals surface area (Å²) in [5.41, 5.74) is 0. The van der Waals surface area contributed by atoms with E-state index in [1.165, 1.54) is 44.8 Å². The highest BCUT2D eigenvalue weighted by molar-refractivity contribution is 4.51. The first-order valence-electron chi connectivity index (χ1n) is 4.64. The van der Waals surface area contributed by atoms with Crippen LogP contribution in [0.25, 0.3) is 0 Å². The average Bonchev–Trinajstić information content (AvgIpc) is 2.10. The van der Waals surface area contributed by atoms with Crippen LogP contribution in [0.15, 0.2) is 12.8 Å². The molecule has 0 atom stereocenters. The van der Waals surface area contributed by atoms with Crippen molar-refractivity contribution in [1.29, 1.82) is 0 Å². The van der Waals surface area contributed by atoms with Gasteiger partial charge in [-0.1, -0.05) is 45.1 Å². The summed E-state index contributed by atoms with van der Waals surface area (Å²) in [5, 5.41) is 0. The predicted molar refractivity (Wildman–Crippen MR) is 49.5 cm³/mol. The Bertz CT molecular complexity index is 63.4. The van der Waals surface area contributed by atoms with Crippen LogP contribution in [0.3, 0.4) is 0 Å². The van der Waals surface area contributed by atoms with Gasteiger partial charge in [-0.2, -0.15) is 0 Å². The molecule has 0 amide bonds. The van der Waals surface area contributed by atoms with E-state index in [-0.39, 0.29) is 0 Å². The van der Waals surface area contributed by atoms with E-state index in [0.29, 0.717) is 0 Å². The van der Waals surface area contributed by atoms with Crippen LogP contribution >= 0.6 is 0 Å².